The van der Waals surface area contributed by atoms with Gasteiger partial charge in [-0.25, -0.2) is 17.7 Å². The molecule has 0 spiro atoms. The molecule has 0 radical (unpaired) electrons. The Morgan fingerprint density at radius 3 is 2.73 bits per heavy atom. The van der Waals surface area contributed by atoms with Crippen LogP contribution in [-0.4, -0.2) is 38.3 Å². The van der Waals surface area contributed by atoms with Crippen molar-refractivity contribution in [3.05, 3.63) is 18.3 Å². The zero-order chi connectivity index (χ0) is 11.5. The number of nitrogens with one attached hydrogen (secondary N) is 1. The van der Waals surface area contributed by atoms with Crippen LogP contribution < -0.4 is 5.32 Å². The second kappa shape index (κ2) is 4.59. The van der Waals surface area contributed by atoms with Gasteiger partial charge in [-0.3, -0.25) is 0 Å². The molecule has 15 heavy (non-hydrogen) atoms. The molecule has 1 rings (SSSR count). The van der Waals surface area contributed by atoms with E-state index in [1.807, 2.05) is 0 Å². The van der Waals surface area contributed by atoms with Crippen molar-refractivity contribution in [1.82, 2.24) is 9.29 Å². The Kier molecular flexibility index (Phi) is 3.65. The Morgan fingerprint density at radius 1 is 1.53 bits per heavy atom. The van der Waals surface area contributed by atoms with Crippen molar-refractivity contribution in [3.8, 4) is 0 Å². The first-order valence-electron chi connectivity index (χ1n) is 4.62. The molecular formula is C9H15N3O2S. The van der Waals surface area contributed by atoms with E-state index in [1.54, 1.807) is 21.0 Å². The highest BCUT2D eigenvalue weighted by Gasteiger charge is 2.19. The highest BCUT2D eigenvalue weighted by atomic mass is 32.2. The Morgan fingerprint density at radius 2 is 2.20 bits per heavy atom. The van der Waals surface area contributed by atoms with Gasteiger partial charge in [0.1, 0.15) is 5.82 Å². The summed E-state index contributed by atoms with van der Waals surface area (Å²) in [6, 6.07) is 3.00. The lowest BCUT2D eigenvalue weighted by atomic mass is 10.5. The van der Waals surface area contributed by atoms with Gasteiger partial charge >= 0.3 is 0 Å². The molecule has 0 aliphatic carbocycles. The lowest BCUT2D eigenvalue weighted by Crippen LogP contribution is -2.26. The van der Waals surface area contributed by atoms with Crippen LogP contribution in [0.2, 0.25) is 0 Å². The van der Waals surface area contributed by atoms with Crippen molar-refractivity contribution in [2.75, 3.05) is 26.0 Å². The zero-order valence-corrected chi connectivity index (χ0v) is 9.87. The third-order valence-electron chi connectivity index (χ3n) is 2.14. The molecule has 1 N–H and O–H groups in total. The fourth-order valence-corrected chi connectivity index (χ4v) is 2.25. The molecule has 0 amide bonds. The third-order valence-corrected chi connectivity index (χ3v) is 4.07. The van der Waals surface area contributed by atoms with Gasteiger partial charge in [0.25, 0.3) is 0 Å². The van der Waals surface area contributed by atoms with Crippen molar-refractivity contribution in [1.29, 1.82) is 0 Å². The molecule has 6 heteroatoms. The molecule has 84 valence electrons. The van der Waals surface area contributed by atoms with Crippen molar-refractivity contribution in [2.45, 2.75) is 11.8 Å². The molecule has 1 heterocycles. The number of nitrogens with zero attached hydrogens (tertiary/aromatic N) is 2. The van der Waals surface area contributed by atoms with Gasteiger partial charge in [0.05, 0.1) is 4.90 Å². The monoisotopic (exact) mass is 229 g/mol. The Bertz CT molecular complexity index is 431. The maximum Gasteiger partial charge on any atom is 0.242 e. The first kappa shape index (κ1) is 11.9. The minimum absolute atomic E-state index is 0.256. The lowest BCUT2D eigenvalue weighted by molar-refractivity contribution is 0.486. The Hall–Kier alpha value is -1.14. The maximum atomic E-state index is 11.9. The summed E-state index contributed by atoms with van der Waals surface area (Å²) in [4.78, 5) is 4.22. The number of rotatable bonds is 4. The molecule has 0 atom stereocenters. The topological polar surface area (TPSA) is 62.3 Å². The summed E-state index contributed by atoms with van der Waals surface area (Å²) in [6.07, 6.45) is 1.47. The molecule has 5 nitrogen and oxygen atoms in total. The molecule has 0 saturated heterocycles. The van der Waals surface area contributed by atoms with Gasteiger partial charge in [0.15, 0.2) is 0 Å². The first-order chi connectivity index (χ1) is 7.02. The van der Waals surface area contributed by atoms with E-state index in [4.69, 9.17) is 0 Å². The second-order valence-electron chi connectivity index (χ2n) is 3.05. The van der Waals surface area contributed by atoms with Gasteiger partial charge in [-0.1, -0.05) is 6.92 Å². The van der Waals surface area contributed by atoms with Crippen LogP contribution in [0.15, 0.2) is 23.2 Å². The van der Waals surface area contributed by atoms with Gasteiger partial charge in [0.2, 0.25) is 10.0 Å². The summed E-state index contributed by atoms with van der Waals surface area (Å²) in [5.74, 6) is 0.542. The van der Waals surface area contributed by atoms with Crippen LogP contribution in [0.25, 0.3) is 0 Å². The zero-order valence-electron chi connectivity index (χ0n) is 9.06. The number of aromatic nitrogens is 1. The Labute approximate surface area is 90.2 Å². The fourth-order valence-electron chi connectivity index (χ4n) is 1.06. The van der Waals surface area contributed by atoms with Crippen molar-refractivity contribution >= 4 is 15.8 Å². The molecule has 0 aliphatic rings. The lowest BCUT2D eigenvalue weighted by Gasteiger charge is -2.14. The summed E-state index contributed by atoms with van der Waals surface area (Å²) in [5.41, 5.74) is 0. The molecule has 0 fully saturated rings. The van der Waals surface area contributed by atoms with E-state index in [0.717, 1.165) is 0 Å². The van der Waals surface area contributed by atoms with Crippen LogP contribution in [0.5, 0.6) is 0 Å². The normalized spacial score (nSPS) is 11.7. The van der Waals surface area contributed by atoms with E-state index >= 15 is 0 Å². The van der Waals surface area contributed by atoms with Crippen LogP contribution >= 0.6 is 0 Å². The summed E-state index contributed by atoms with van der Waals surface area (Å²) in [7, 11) is -0.121. The van der Waals surface area contributed by atoms with E-state index in [9.17, 15) is 8.42 Å². The van der Waals surface area contributed by atoms with Gasteiger partial charge in [0, 0.05) is 32.9 Å². The molecule has 0 saturated carbocycles. The van der Waals surface area contributed by atoms with Crippen molar-refractivity contribution in [3.63, 3.8) is 0 Å². The number of hydrogen-bond acceptors (Lipinski definition) is 4. The average Bonchev–Trinajstić information content (AvgIpc) is 2.27. The SMILES string of the molecule is CCN(C)S(=O)(=O)c1ccnc(NC)c1. The summed E-state index contributed by atoms with van der Waals surface area (Å²) in [6.45, 7) is 2.23. The van der Waals surface area contributed by atoms with Gasteiger partial charge < -0.3 is 5.32 Å². The highest BCUT2D eigenvalue weighted by molar-refractivity contribution is 7.89. The maximum absolute atomic E-state index is 11.9. The number of pyridine rings is 1. The number of hydrogen-bond donors (Lipinski definition) is 1. The minimum atomic E-state index is -3.37. The molecule has 0 aliphatic heterocycles. The molecule has 0 aromatic carbocycles. The average molecular weight is 229 g/mol. The van der Waals surface area contributed by atoms with E-state index in [2.05, 4.69) is 10.3 Å². The summed E-state index contributed by atoms with van der Waals surface area (Å²) >= 11 is 0. The van der Waals surface area contributed by atoms with E-state index in [0.29, 0.717) is 12.4 Å². The minimum Gasteiger partial charge on any atom is -0.373 e. The second-order valence-corrected chi connectivity index (χ2v) is 5.09. The largest absolute Gasteiger partial charge is 0.373 e. The Balaban J connectivity index is 3.16. The standard InChI is InChI=1S/C9H15N3O2S/c1-4-12(3)15(13,14)8-5-6-11-9(7-8)10-2/h5-7H,4H2,1-3H3,(H,10,11). The summed E-state index contributed by atoms with van der Waals surface area (Å²) in [5, 5.41) is 2.80. The van der Waals surface area contributed by atoms with Crippen molar-refractivity contribution in [2.24, 2.45) is 0 Å². The smallest absolute Gasteiger partial charge is 0.242 e. The predicted molar refractivity (Wildman–Crippen MR) is 59.3 cm³/mol. The van der Waals surface area contributed by atoms with Crippen LogP contribution in [-0.2, 0) is 10.0 Å². The third kappa shape index (κ3) is 2.45. The van der Waals surface area contributed by atoms with Crippen LogP contribution in [0.4, 0.5) is 5.82 Å². The molecule has 0 bridgehead atoms. The number of sulfonamides is 1. The fraction of sp³-hybridized carbons (Fsp3) is 0.444. The predicted octanol–water partition coefficient (Wildman–Crippen LogP) is 0.764. The van der Waals surface area contributed by atoms with Crippen molar-refractivity contribution < 1.29 is 8.42 Å². The van der Waals surface area contributed by atoms with E-state index in [1.165, 1.54) is 22.6 Å². The number of anilines is 1. The van der Waals surface area contributed by atoms with Gasteiger partial charge in [-0.15, -0.1) is 0 Å². The van der Waals surface area contributed by atoms with E-state index in [-0.39, 0.29) is 4.90 Å². The van der Waals surface area contributed by atoms with Gasteiger partial charge in [-0.05, 0) is 6.07 Å². The molecular weight excluding hydrogens is 214 g/mol. The van der Waals surface area contributed by atoms with Gasteiger partial charge in [-0.2, -0.15) is 0 Å². The van der Waals surface area contributed by atoms with E-state index < -0.39 is 10.0 Å². The first-order valence-corrected chi connectivity index (χ1v) is 6.06. The van der Waals surface area contributed by atoms with Crippen LogP contribution in [0, 0.1) is 0 Å². The molecule has 1 aromatic heterocycles. The highest BCUT2D eigenvalue weighted by Crippen LogP contribution is 2.15. The molecule has 0 unspecified atom stereocenters. The van der Waals surface area contributed by atoms with Crippen LogP contribution in [0.1, 0.15) is 6.92 Å². The molecule has 1 aromatic rings. The summed E-state index contributed by atoms with van der Waals surface area (Å²) < 4.78 is 25.1. The quantitative estimate of drug-likeness (QED) is 0.828. The van der Waals surface area contributed by atoms with Crippen LogP contribution in [0.3, 0.4) is 0 Å².